The second kappa shape index (κ2) is 6.16. The third-order valence-corrected chi connectivity index (χ3v) is 4.05. The summed E-state index contributed by atoms with van der Waals surface area (Å²) in [6, 6.07) is 17.4. The van der Waals surface area contributed by atoms with E-state index in [4.69, 9.17) is 4.74 Å². The van der Waals surface area contributed by atoms with Crippen molar-refractivity contribution < 1.29 is 9.53 Å². The van der Waals surface area contributed by atoms with E-state index in [1.54, 1.807) is 6.20 Å². The summed E-state index contributed by atoms with van der Waals surface area (Å²) in [5.74, 6) is 0.743. The van der Waals surface area contributed by atoms with Crippen molar-refractivity contribution in [3.63, 3.8) is 0 Å². The molecule has 0 bridgehead atoms. The molecule has 1 aliphatic rings. The molecule has 3 aromatic rings. The molecule has 118 valence electrons. The first kappa shape index (κ1) is 14.5. The molecule has 0 unspecified atom stereocenters. The highest BCUT2D eigenvalue weighted by Crippen LogP contribution is 2.38. The number of pyridine rings is 1. The van der Waals surface area contributed by atoms with Gasteiger partial charge in [0.1, 0.15) is 12.4 Å². The lowest BCUT2D eigenvalue weighted by Gasteiger charge is -2.21. The Balaban J connectivity index is 1.53. The Morgan fingerprint density at radius 3 is 2.83 bits per heavy atom. The van der Waals surface area contributed by atoms with E-state index in [0.717, 1.165) is 33.7 Å². The molecule has 1 aliphatic heterocycles. The number of anilines is 1. The van der Waals surface area contributed by atoms with Gasteiger partial charge < -0.3 is 10.1 Å². The van der Waals surface area contributed by atoms with Gasteiger partial charge in [0.2, 0.25) is 5.91 Å². The molecule has 1 N–H and O–H groups in total. The summed E-state index contributed by atoms with van der Waals surface area (Å²) in [5, 5.41) is 2.93. The lowest BCUT2D eigenvalue weighted by Crippen LogP contribution is -2.14. The number of carbonyl (C=O) groups excluding carboxylic acids is 1. The van der Waals surface area contributed by atoms with E-state index in [0.29, 0.717) is 13.0 Å². The molecule has 4 rings (SSSR count). The van der Waals surface area contributed by atoms with Crippen LogP contribution in [0.15, 0.2) is 67.0 Å². The van der Waals surface area contributed by atoms with Gasteiger partial charge in [-0.15, -0.1) is 0 Å². The molecular weight excluding hydrogens is 300 g/mol. The first-order valence-corrected chi connectivity index (χ1v) is 7.83. The second-order valence-electron chi connectivity index (χ2n) is 5.74. The summed E-state index contributed by atoms with van der Waals surface area (Å²) in [6.45, 7) is 0.498. The number of carbonyl (C=O) groups is 1. The predicted molar refractivity (Wildman–Crippen MR) is 92.8 cm³/mol. The zero-order valence-electron chi connectivity index (χ0n) is 13.0. The summed E-state index contributed by atoms with van der Waals surface area (Å²) >= 11 is 0. The average molecular weight is 316 g/mol. The molecule has 4 nitrogen and oxygen atoms in total. The van der Waals surface area contributed by atoms with Crippen molar-refractivity contribution in [3.8, 4) is 16.9 Å². The Kier molecular flexibility index (Phi) is 3.71. The number of nitrogens with one attached hydrogen (secondary N) is 1. The second-order valence-corrected chi connectivity index (χ2v) is 5.74. The Labute approximate surface area is 140 Å². The molecule has 2 heterocycles. The zero-order valence-corrected chi connectivity index (χ0v) is 13.0. The Hall–Kier alpha value is -3.14. The molecule has 0 atom stereocenters. The third kappa shape index (κ3) is 2.86. The van der Waals surface area contributed by atoms with Crippen molar-refractivity contribution in [2.75, 3.05) is 5.32 Å². The number of ether oxygens (including phenoxy) is 1. The SMILES string of the molecule is O=C(Cc1ccccc1)Nc1ccc2c(c1)OCc1cnccc1-2. The Bertz CT molecular complexity index is 891. The van der Waals surface area contributed by atoms with Crippen molar-refractivity contribution in [3.05, 3.63) is 78.1 Å². The van der Waals surface area contributed by atoms with Gasteiger partial charge >= 0.3 is 0 Å². The number of benzene rings is 2. The van der Waals surface area contributed by atoms with Crippen LogP contribution >= 0.6 is 0 Å². The van der Waals surface area contributed by atoms with Crippen molar-refractivity contribution in [1.29, 1.82) is 0 Å². The molecule has 2 aromatic carbocycles. The highest BCUT2D eigenvalue weighted by atomic mass is 16.5. The van der Waals surface area contributed by atoms with Crippen LogP contribution in [0.5, 0.6) is 5.75 Å². The fourth-order valence-corrected chi connectivity index (χ4v) is 2.89. The smallest absolute Gasteiger partial charge is 0.228 e. The normalized spacial score (nSPS) is 11.8. The fourth-order valence-electron chi connectivity index (χ4n) is 2.89. The summed E-state index contributed by atoms with van der Waals surface area (Å²) < 4.78 is 5.80. The number of fused-ring (bicyclic) bond motifs is 3. The molecule has 1 aromatic heterocycles. The van der Waals surface area contributed by atoms with Crippen LogP contribution in [0, 0.1) is 0 Å². The monoisotopic (exact) mass is 316 g/mol. The van der Waals surface area contributed by atoms with Gasteiger partial charge in [-0.2, -0.15) is 0 Å². The predicted octanol–water partition coefficient (Wildman–Crippen LogP) is 3.82. The van der Waals surface area contributed by atoms with E-state index < -0.39 is 0 Å². The van der Waals surface area contributed by atoms with Crippen LogP contribution < -0.4 is 10.1 Å². The maximum atomic E-state index is 12.2. The van der Waals surface area contributed by atoms with Crippen molar-refractivity contribution in [1.82, 2.24) is 4.98 Å². The number of aromatic nitrogens is 1. The molecule has 0 saturated heterocycles. The van der Waals surface area contributed by atoms with E-state index in [2.05, 4.69) is 10.3 Å². The van der Waals surface area contributed by atoms with E-state index in [9.17, 15) is 4.79 Å². The molecule has 0 fully saturated rings. The van der Waals surface area contributed by atoms with Crippen LogP contribution in [0.1, 0.15) is 11.1 Å². The van der Waals surface area contributed by atoms with Crippen molar-refractivity contribution in [2.45, 2.75) is 13.0 Å². The van der Waals surface area contributed by atoms with Gasteiger partial charge in [-0.05, 0) is 29.3 Å². The van der Waals surface area contributed by atoms with Crippen LogP contribution in [0.3, 0.4) is 0 Å². The molecule has 0 aliphatic carbocycles. The molecular formula is C20H16N2O2. The molecule has 24 heavy (non-hydrogen) atoms. The molecule has 0 radical (unpaired) electrons. The van der Waals surface area contributed by atoms with Gasteiger partial charge in [-0.25, -0.2) is 0 Å². The minimum atomic E-state index is -0.0402. The van der Waals surface area contributed by atoms with Crippen LogP contribution in [0.2, 0.25) is 0 Å². The summed E-state index contributed by atoms with van der Waals surface area (Å²) in [6.07, 6.45) is 3.96. The summed E-state index contributed by atoms with van der Waals surface area (Å²) in [4.78, 5) is 16.3. The van der Waals surface area contributed by atoms with E-state index >= 15 is 0 Å². The first-order valence-electron chi connectivity index (χ1n) is 7.83. The van der Waals surface area contributed by atoms with Crippen LogP contribution in [0.25, 0.3) is 11.1 Å². The van der Waals surface area contributed by atoms with Crippen LogP contribution in [-0.2, 0) is 17.8 Å². The maximum absolute atomic E-state index is 12.2. The maximum Gasteiger partial charge on any atom is 0.228 e. The highest BCUT2D eigenvalue weighted by molar-refractivity contribution is 5.93. The molecule has 0 saturated carbocycles. The quantitative estimate of drug-likeness (QED) is 0.799. The highest BCUT2D eigenvalue weighted by Gasteiger charge is 2.17. The lowest BCUT2D eigenvalue weighted by atomic mass is 9.98. The molecule has 0 spiro atoms. The van der Waals surface area contributed by atoms with Crippen LogP contribution in [-0.4, -0.2) is 10.9 Å². The Morgan fingerprint density at radius 1 is 1.08 bits per heavy atom. The average Bonchev–Trinajstić information content (AvgIpc) is 2.62. The molecule has 1 amide bonds. The van der Waals surface area contributed by atoms with Crippen LogP contribution in [0.4, 0.5) is 5.69 Å². The van der Waals surface area contributed by atoms with Crippen molar-refractivity contribution in [2.24, 2.45) is 0 Å². The van der Waals surface area contributed by atoms with Gasteiger partial charge in [0.15, 0.2) is 0 Å². The number of hydrogen-bond acceptors (Lipinski definition) is 3. The summed E-state index contributed by atoms with van der Waals surface area (Å²) in [5.41, 5.74) is 4.97. The largest absolute Gasteiger partial charge is 0.488 e. The van der Waals surface area contributed by atoms with Gasteiger partial charge in [0.05, 0.1) is 6.42 Å². The fraction of sp³-hybridized carbons (Fsp3) is 0.100. The topological polar surface area (TPSA) is 51.2 Å². The van der Waals surface area contributed by atoms with Gasteiger partial charge in [-0.3, -0.25) is 9.78 Å². The van der Waals surface area contributed by atoms with E-state index in [1.807, 2.05) is 60.8 Å². The van der Waals surface area contributed by atoms with E-state index in [1.165, 1.54) is 0 Å². The van der Waals surface area contributed by atoms with Crippen molar-refractivity contribution >= 4 is 11.6 Å². The van der Waals surface area contributed by atoms with Gasteiger partial charge in [0.25, 0.3) is 0 Å². The number of nitrogens with zero attached hydrogens (tertiary/aromatic N) is 1. The number of hydrogen-bond donors (Lipinski definition) is 1. The lowest BCUT2D eigenvalue weighted by molar-refractivity contribution is -0.115. The zero-order chi connectivity index (χ0) is 16.4. The minimum absolute atomic E-state index is 0.0402. The number of rotatable bonds is 3. The third-order valence-electron chi connectivity index (χ3n) is 4.05. The van der Waals surface area contributed by atoms with E-state index in [-0.39, 0.29) is 5.91 Å². The summed E-state index contributed by atoms with van der Waals surface area (Å²) in [7, 11) is 0. The minimum Gasteiger partial charge on any atom is -0.488 e. The first-order chi connectivity index (χ1) is 11.8. The Morgan fingerprint density at radius 2 is 1.96 bits per heavy atom. The molecule has 4 heteroatoms. The standard InChI is InChI=1S/C20H16N2O2/c23-20(10-14-4-2-1-3-5-14)22-16-6-7-18-17-8-9-21-12-15(17)13-24-19(18)11-16/h1-9,11-12H,10,13H2,(H,22,23). The van der Waals surface area contributed by atoms with Gasteiger partial charge in [0, 0.05) is 35.3 Å². The van der Waals surface area contributed by atoms with Gasteiger partial charge in [-0.1, -0.05) is 30.3 Å². The number of amides is 1.